The lowest BCUT2D eigenvalue weighted by Crippen LogP contribution is -2.49. The van der Waals surface area contributed by atoms with Crippen LogP contribution < -0.4 is 10.6 Å². The van der Waals surface area contributed by atoms with E-state index in [2.05, 4.69) is 10.6 Å². The van der Waals surface area contributed by atoms with Crippen molar-refractivity contribution in [3.63, 3.8) is 0 Å². The molecule has 1 atom stereocenters. The van der Waals surface area contributed by atoms with Crippen molar-refractivity contribution in [2.75, 3.05) is 32.7 Å². The van der Waals surface area contributed by atoms with Crippen LogP contribution in [0.2, 0.25) is 0 Å². The van der Waals surface area contributed by atoms with Crippen LogP contribution in [0.3, 0.4) is 0 Å². The van der Waals surface area contributed by atoms with Crippen molar-refractivity contribution in [2.45, 2.75) is 55.9 Å². The van der Waals surface area contributed by atoms with E-state index in [9.17, 15) is 22.8 Å². The number of likely N-dealkylation sites (tertiary alicyclic amines) is 1. The number of piperazine rings is 1. The second-order valence-corrected chi connectivity index (χ2v) is 11.1. The predicted molar refractivity (Wildman–Crippen MR) is 122 cm³/mol. The van der Waals surface area contributed by atoms with Crippen LogP contribution in [-0.4, -0.2) is 74.1 Å². The molecule has 10 heteroatoms. The third kappa shape index (κ3) is 5.55. The van der Waals surface area contributed by atoms with E-state index in [0.717, 1.165) is 42.8 Å². The molecule has 2 heterocycles. The van der Waals surface area contributed by atoms with Gasteiger partial charge in [0.1, 0.15) is 0 Å². The second-order valence-electron chi connectivity index (χ2n) is 9.15. The zero-order valence-corrected chi connectivity index (χ0v) is 19.6. The van der Waals surface area contributed by atoms with Gasteiger partial charge in [-0.2, -0.15) is 4.31 Å². The number of piperidine rings is 1. The minimum atomic E-state index is -3.88. The number of carbonyl (C=O) groups excluding carboxylic acids is 3. The van der Waals surface area contributed by atoms with Crippen molar-refractivity contribution in [1.82, 2.24) is 19.8 Å². The van der Waals surface area contributed by atoms with E-state index in [-0.39, 0.29) is 59.8 Å². The number of hydrogen-bond donors (Lipinski definition) is 2. The summed E-state index contributed by atoms with van der Waals surface area (Å²) in [6.45, 7) is 1.09. The predicted octanol–water partition coefficient (Wildman–Crippen LogP) is 1.11. The smallest absolute Gasteiger partial charge is 0.253 e. The summed E-state index contributed by atoms with van der Waals surface area (Å²) < 4.78 is 27.1. The lowest BCUT2D eigenvalue weighted by molar-refractivity contribution is -0.127. The van der Waals surface area contributed by atoms with Gasteiger partial charge in [0.2, 0.25) is 21.8 Å². The highest BCUT2D eigenvalue weighted by Gasteiger charge is 2.32. The van der Waals surface area contributed by atoms with Crippen molar-refractivity contribution in [3.05, 3.63) is 29.8 Å². The number of amides is 3. The third-order valence-corrected chi connectivity index (χ3v) is 8.59. The fourth-order valence-corrected chi connectivity index (χ4v) is 6.33. The molecule has 33 heavy (non-hydrogen) atoms. The lowest BCUT2D eigenvalue weighted by Gasteiger charge is -2.33. The Morgan fingerprint density at radius 3 is 2.58 bits per heavy atom. The first-order valence-electron chi connectivity index (χ1n) is 11.8. The van der Waals surface area contributed by atoms with Gasteiger partial charge in [0, 0.05) is 37.8 Å². The Bertz CT molecular complexity index is 1010. The van der Waals surface area contributed by atoms with Gasteiger partial charge in [0.15, 0.2) is 0 Å². The number of hydrogen-bond acceptors (Lipinski definition) is 5. The van der Waals surface area contributed by atoms with Gasteiger partial charge in [-0.05, 0) is 43.9 Å². The molecule has 3 amide bonds. The first-order valence-corrected chi connectivity index (χ1v) is 13.2. The summed E-state index contributed by atoms with van der Waals surface area (Å²) in [4.78, 5) is 39.3. The standard InChI is InChI=1S/C23H32N4O5S/c28-21-16-27(13-11-24-21)33(31,32)20-10-4-6-17(14-20)23(30)26-12-5-7-18(15-26)22(29)25-19-8-2-1-3-9-19/h4,6,10,14,18-19H,1-3,5,7-9,11-13,15-16H2,(H,24,28)(H,25,29). The molecule has 2 aliphatic heterocycles. The summed E-state index contributed by atoms with van der Waals surface area (Å²) in [6, 6.07) is 6.18. The quantitative estimate of drug-likeness (QED) is 0.661. The highest BCUT2D eigenvalue weighted by molar-refractivity contribution is 7.89. The number of carbonyl (C=O) groups is 3. The molecule has 0 aromatic heterocycles. The molecular weight excluding hydrogens is 444 g/mol. The van der Waals surface area contributed by atoms with Crippen molar-refractivity contribution >= 4 is 27.7 Å². The Kier molecular flexibility index (Phi) is 7.33. The fraction of sp³-hybridized carbons (Fsp3) is 0.609. The van der Waals surface area contributed by atoms with Crippen LogP contribution in [0.1, 0.15) is 55.3 Å². The van der Waals surface area contributed by atoms with Crippen LogP contribution in [0, 0.1) is 5.92 Å². The van der Waals surface area contributed by atoms with Crippen LogP contribution >= 0.6 is 0 Å². The van der Waals surface area contributed by atoms with Crippen molar-refractivity contribution in [1.29, 1.82) is 0 Å². The Hall–Kier alpha value is -2.46. The summed E-state index contributed by atoms with van der Waals surface area (Å²) in [5, 5.41) is 5.77. The molecule has 3 aliphatic rings. The summed E-state index contributed by atoms with van der Waals surface area (Å²) in [6.07, 6.45) is 7.01. The van der Waals surface area contributed by atoms with Gasteiger partial charge in [0.05, 0.1) is 17.4 Å². The van der Waals surface area contributed by atoms with Gasteiger partial charge in [-0.25, -0.2) is 8.42 Å². The van der Waals surface area contributed by atoms with E-state index in [0.29, 0.717) is 13.1 Å². The third-order valence-electron chi connectivity index (χ3n) is 6.75. The van der Waals surface area contributed by atoms with Gasteiger partial charge in [-0.1, -0.05) is 25.3 Å². The van der Waals surface area contributed by atoms with E-state index in [1.807, 2.05) is 0 Å². The van der Waals surface area contributed by atoms with Crippen molar-refractivity contribution in [3.8, 4) is 0 Å². The molecule has 0 bridgehead atoms. The van der Waals surface area contributed by atoms with Crippen LogP contribution in [0.4, 0.5) is 0 Å². The van der Waals surface area contributed by atoms with Gasteiger partial charge < -0.3 is 15.5 Å². The maximum atomic E-state index is 13.2. The molecule has 2 saturated heterocycles. The van der Waals surface area contributed by atoms with E-state index in [4.69, 9.17) is 0 Å². The lowest BCUT2D eigenvalue weighted by atomic mass is 9.93. The molecule has 1 saturated carbocycles. The first-order chi connectivity index (χ1) is 15.8. The van der Waals surface area contributed by atoms with E-state index in [1.165, 1.54) is 18.6 Å². The second kappa shape index (κ2) is 10.2. The number of benzene rings is 1. The molecule has 0 spiro atoms. The van der Waals surface area contributed by atoms with Crippen molar-refractivity contribution < 1.29 is 22.8 Å². The SMILES string of the molecule is O=C1CN(S(=O)(=O)c2cccc(C(=O)N3CCCC(C(=O)NC4CCCCC4)C3)c2)CCN1. The van der Waals surface area contributed by atoms with Crippen LogP contribution in [-0.2, 0) is 19.6 Å². The Morgan fingerprint density at radius 2 is 1.82 bits per heavy atom. The molecular formula is C23H32N4O5S. The van der Waals surface area contributed by atoms with Crippen LogP contribution in [0.5, 0.6) is 0 Å². The Labute approximate surface area is 194 Å². The largest absolute Gasteiger partial charge is 0.354 e. The minimum absolute atomic E-state index is 0.00773. The van der Waals surface area contributed by atoms with E-state index in [1.54, 1.807) is 17.0 Å². The normalized spacial score (nSPS) is 23.1. The van der Waals surface area contributed by atoms with Gasteiger partial charge in [-0.3, -0.25) is 14.4 Å². The molecule has 4 rings (SSSR count). The molecule has 9 nitrogen and oxygen atoms in total. The van der Waals surface area contributed by atoms with E-state index < -0.39 is 10.0 Å². The summed E-state index contributed by atoms with van der Waals surface area (Å²) in [5.74, 6) is -0.857. The monoisotopic (exact) mass is 476 g/mol. The van der Waals surface area contributed by atoms with E-state index >= 15 is 0 Å². The minimum Gasteiger partial charge on any atom is -0.354 e. The maximum Gasteiger partial charge on any atom is 0.253 e. The summed E-state index contributed by atoms with van der Waals surface area (Å²) in [5.41, 5.74) is 0.269. The number of nitrogens with zero attached hydrogens (tertiary/aromatic N) is 2. The number of sulfonamides is 1. The van der Waals surface area contributed by atoms with Gasteiger partial charge in [0.25, 0.3) is 5.91 Å². The highest BCUT2D eigenvalue weighted by atomic mass is 32.2. The van der Waals surface area contributed by atoms with Crippen molar-refractivity contribution in [2.24, 2.45) is 5.92 Å². The Morgan fingerprint density at radius 1 is 1.03 bits per heavy atom. The van der Waals surface area contributed by atoms with Crippen LogP contribution in [0.25, 0.3) is 0 Å². The molecule has 3 fully saturated rings. The molecule has 2 N–H and O–H groups in total. The summed E-state index contributed by atoms with van der Waals surface area (Å²) >= 11 is 0. The average Bonchev–Trinajstić information content (AvgIpc) is 2.84. The molecule has 1 aromatic carbocycles. The Balaban J connectivity index is 1.43. The van der Waals surface area contributed by atoms with Gasteiger partial charge >= 0.3 is 0 Å². The zero-order valence-electron chi connectivity index (χ0n) is 18.8. The fourth-order valence-electron chi connectivity index (χ4n) is 4.88. The highest BCUT2D eigenvalue weighted by Crippen LogP contribution is 2.23. The first kappa shape index (κ1) is 23.7. The molecule has 1 aromatic rings. The molecule has 0 radical (unpaired) electrons. The zero-order chi connectivity index (χ0) is 23.4. The average molecular weight is 477 g/mol. The molecule has 1 aliphatic carbocycles. The summed E-state index contributed by atoms with van der Waals surface area (Å²) in [7, 11) is -3.88. The number of rotatable bonds is 5. The van der Waals surface area contributed by atoms with Gasteiger partial charge in [-0.15, -0.1) is 0 Å². The molecule has 180 valence electrons. The topological polar surface area (TPSA) is 116 Å². The van der Waals surface area contributed by atoms with Crippen LogP contribution in [0.15, 0.2) is 29.2 Å². The maximum absolute atomic E-state index is 13.2. The molecule has 1 unspecified atom stereocenters. The number of nitrogens with one attached hydrogen (secondary N) is 2.